The number of aliphatic imine (C=N–C) groups is 1. The van der Waals surface area contributed by atoms with E-state index in [4.69, 9.17) is 4.74 Å². The molecule has 1 aromatic carbocycles. The lowest BCUT2D eigenvalue weighted by molar-refractivity contribution is -0.140. The summed E-state index contributed by atoms with van der Waals surface area (Å²) in [6.45, 7) is 7.74. The number of carbonyl (C=O) groups excluding carboxylic acids is 2. The molecule has 7 nitrogen and oxygen atoms in total. The fraction of sp³-hybridized carbons (Fsp3) is 0.560. The average molecular weight is 566 g/mol. The third-order valence-corrected chi connectivity index (χ3v) is 6.47. The summed E-state index contributed by atoms with van der Waals surface area (Å²) in [6.07, 6.45) is 5.91. The molecule has 2 fully saturated rings. The Hall–Kier alpha value is -2.10. The van der Waals surface area contributed by atoms with Crippen LogP contribution >= 0.6 is 24.0 Å². The number of nitrogens with zero attached hydrogens (tertiary/aromatic N) is 2. The number of carbonyl (C=O) groups is 2. The van der Waals surface area contributed by atoms with Crippen LogP contribution in [0.1, 0.15) is 39.2 Å². The minimum atomic E-state index is -0.269. The molecule has 2 bridgehead atoms. The van der Waals surface area contributed by atoms with Gasteiger partial charge in [0.1, 0.15) is 11.4 Å². The van der Waals surface area contributed by atoms with Crippen LogP contribution < -0.4 is 15.4 Å². The van der Waals surface area contributed by atoms with Gasteiger partial charge in [-0.15, -0.1) is 24.0 Å². The number of likely N-dealkylation sites (tertiary alicyclic amines) is 1. The van der Waals surface area contributed by atoms with Crippen LogP contribution in [-0.2, 0) is 16.1 Å². The molecule has 4 atom stereocenters. The van der Waals surface area contributed by atoms with Gasteiger partial charge < -0.3 is 15.4 Å². The first-order valence-electron chi connectivity index (χ1n) is 11.5. The molecule has 4 unspecified atom stereocenters. The Balaban J connectivity index is 0.00000306. The lowest BCUT2D eigenvalue weighted by Gasteiger charge is -2.23. The van der Waals surface area contributed by atoms with E-state index in [0.717, 1.165) is 17.7 Å². The van der Waals surface area contributed by atoms with Gasteiger partial charge in [-0.05, 0) is 51.5 Å². The fourth-order valence-corrected chi connectivity index (χ4v) is 5.11. The van der Waals surface area contributed by atoms with Crippen molar-refractivity contribution in [1.29, 1.82) is 0 Å². The zero-order chi connectivity index (χ0) is 22.9. The van der Waals surface area contributed by atoms with Crippen LogP contribution in [0.15, 0.2) is 41.4 Å². The van der Waals surface area contributed by atoms with E-state index < -0.39 is 0 Å². The van der Waals surface area contributed by atoms with Gasteiger partial charge in [0.05, 0.1) is 11.8 Å². The predicted molar refractivity (Wildman–Crippen MR) is 139 cm³/mol. The van der Waals surface area contributed by atoms with Crippen molar-refractivity contribution in [3.05, 3.63) is 42.0 Å². The molecule has 2 N–H and O–H groups in total. The van der Waals surface area contributed by atoms with Crippen molar-refractivity contribution in [3.63, 3.8) is 0 Å². The maximum Gasteiger partial charge on any atom is 0.233 e. The number of amides is 2. The summed E-state index contributed by atoms with van der Waals surface area (Å²) in [4.78, 5) is 31.3. The summed E-state index contributed by atoms with van der Waals surface area (Å²) in [6, 6.07) is 7.96. The number of halogens is 1. The van der Waals surface area contributed by atoms with Crippen LogP contribution in [0.2, 0.25) is 0 Å². The van der Waals surface area contributed by atoms with Gasteiger partial charge in [-0.25, -0.2) is 0 Å². The van der Waals surface area contributed by atoms with E-state index in [1.165, 1.54) is 4.90 Å². The highest BCUT2D eigenvalue weighted by Crippen LogP contribution is 2.52. The van der Waals surface area contributed by atoms with Crippen LogP contribution in [0.5, 0.6) is 5.75 Å². The van der Waals surface area contributed by atoms with Gasteiger partial charge in [-0.3, -0.25) is 19.5 Å². The molecule has 1 aliphatic heterocycles. The first kappa shape index (κ1) is 25.5. The zero-order valence-electron chi connectivity index (χ0n) is 19.8. The standard InChI is InChI=1S/C25H34N4O3.HI/c1-25(2,3)32-19-9-6-5-8-18(19)15-28-24(26-4)27-12-7-13-29-22(30)20-16-10-11-17(14-16)21(20)23(29)31;/h5-6,8-11,16-17,20-21H,7,12-15H2,1-4H3,(H2,26,27,28);1H. The topological polar surface area (TPSA) is 83.0 Å². The van der Waals surface area contributed by atoms with Crippen molar-refractivity contribution in [2.75, 3.05) is 20.1 Å². The Morgan fingerprint density at radius 2 is 1.73 bits per heavy atom. The van der Waals surface area contributed by atoms with Gasteiger partial charge >= 0.3 is 0 Å². The van der Waals surface area contributed by atoms with Crippen molar-refractivity contribution in [3.8, 4) is 5.75 Å². The molecule has 33 heavy (non-hydrogen) atoms. The Labute approximate surface area is 213 Å². The summed E-state index contributed by atoms with van der Waals surface area (Å²) in [5, 5.41) is 6.59. The van der Waals surface area contributed by atoms with E-state index in [9.17, 15) is 9.59 Å². The molecule has 2 aliphatic carbocycles. The molecule has 1 heterocycles. The first-order chi connectivity index (χ1) is 15.3. The van der Waals surface area contributed by atoms with Crippen LogP contribution in [0.3, 0.4) is 0 Å². The highest BCUT2D eigenvalue weighted by atomic mass is 127. The molecule has 2 amide bonds. The van der Waals surface area contributed by atoms with Crippen molar-refractivity contribution >= 4 is 41.8 Å². The summed E-state index contributed by atoms with van der Waals surface area (Å²) in [7, 11) is 1.73. The molecule has 180 valence electrons. The second kappa shape index (κ2) is 10.4. The van der Waals surface area contributed by atoms with Crippen LogP contribution in [-0.4, -0.2) is 48.4 Å². The average Bonchev–Trinajstić information content (AvgIpc) is 3.42. The molecule has 0 aromatic heterocycles. The molecule has 3 aliphatic rings. The van der Waals surface area contributed by atoms with Crippen molar-refractivity contribution in [1.82, 2.24) is 15.5 Å². The smallest absolute Gasteiger partial charge is 0.233 e. The highest BCUT2D eigenvalue weighted by Gasteiger charge is 2.58. The summed E-state index contributed by atoms with van der Waals surface area (Å²) in [5.74, 6) is 1.86. The second-order valence-electron chi connectivity index (χ2n) is 9.86. The van der Waals surface area contributed by atoms with E-state index in [0.29, 0.717) is 32.0 Å². The third-order valence-electron chi connectivity index (χ3n) is 6.47. The van der Waals surface area contributed by atoms with Gasteiger partial charge in [0.15, 0.2) is 5.96 Å². The van der Waals surface area contributed by atoms with Crippen LogP contribution in [0.25, 0.3) is 0 Å². The highest BCUT2D eigenvalue weighted by molar-refractivity contribution is 14.0. The number of benzene rings is 1. The zero-order valence-corrected chi connectivity index (χ0v) is 22.2. The van der Waals surface area contributed by atoms with Gasteiger partial charge in [-0.1, -0.05) is 30.4 Å². The van der Waals surface area contributed by atoms with Crippen LogP contribution in [0.4, 0.5) is 0 Å². The number of fused-ring (bicyclic) bond motifs is 5. The maximum absolute atomic E-state index is 12.8. The molecule has 8 heteroatoms. The molecule has 4 rings (SSSR count). The summed E-state index contributed by atoms with van der Waals surface area (Å²) in [5.41, 5.74) is 0.780. The Kier molecular flexibility index (Phi) is 8.08. The van der Waals surface area contributed by atoms with Gasteiger partial charge in [-0.2, -0.15) is 0 Å². The second-order valence-corrected chi connectivity index (χ2v) is 9.86. The largest absolute Gasteiger partial charge is 0.488 e. The normalized spacial score (nSPS) is 25.8. The number of nitrogens with one attached hydrogen (secondary N) is 2. The molecule has 1 saturated carbocycles. The molecule has 0 spiro atoms. The van der Waals surface area contributed by atoms with Gasteiger partial charge in [0, 0.05) is 32.2 Å². The van der Waals surface area contributed by atoms with E-state index >= 15 is 0 Å². The number of para-hydroxylation sites is 1. The number of hydrogen-bond donors (Lipinski definition) is 2. The molecule has 0 radical (unpaired) electrons. The molecular formula is C25H35IN4O3. The van der Waals surface area contributed by atoms with E-state index in [1.54, 1.807) is 7.05 Å². The minimum absolute atomic E-state index is 0. The van der Waals surface area contributed by atoms with Crippen molar-refractivity contribution < 1.29 is 14.3 Å². The number of rotatable bonds is 7. The quantitative estimate of drug-likeness (QED) is 0.132. The minimum Gasteiger partial charge on any atom is -0.488 e. The summed E-state index contributed by atoms with van der Waals surface area (Å²) >= 11 is 0. The maximum atomic E-state index is 12.8. The number of allylic oxidation sites excluding steroid dienone is 2. The van der Waals surface area contributed by atoms with Crippen molar-refractivity contribution in [2.24, 2.45) is 28.7 Å². The van der Waals surface area contributed by atoms with E-state index in [1.807, 2.05) is 45.0 Å². The predicted octanol–water partition coefficient (Wildman–Crippen LogP) is 3.34. The number of guanidine groups is 1. The fourth-order valence-electron chi connectivity index (χ4n) is 5.11. The molecule has 1 saturated heterocycles. The molecular weight excluding hydrogens is 531 g/mol. The SMILES string of the molecule is CN=C(NCCCN1C(=O)C2C3C=CC(C3)C2C1=O)NCc1ccccc1OC(C)(C)C.I. The number of hydrogen-bond acceptors (Lipinski definition) is 4. The van der Waals surface area contributed by atoms with Gasteiger partial charge in [0.2, 0.25) is 11.8 Å². The lowest BCUT2D eigenvalue weighted by atomic mass is 9.85. The van der Waals surface area contributed by atoms with Crippen molar-refractivity contribution in [2.45, 2.75) is 45.8 Å². The summed E-state index contributed by atoms with van der Waals surface area (Å²) < 4.78 is 6.05. The Morgan fingerprint density at radius 3 is 2.33 bits per heavy atom. The monoisotopic (exact) mass is 566 g/mol. The lowest BCUT2D eigenvalue weighted by Crippen LogP contribution is -2.39. The Bertz CT molecular complexity index is 910. The number of imide groups is 1. The number of ether oxygens (including phenoxy) is 1. The van der Waals surface area contributed by atoms with E-state index in [-0.39, 0.29) is 65.1 Å². The van der Waals surface area contributed by atoms with Gasteiger partial charge in [0.25, 0.3) is 0 Å². The first-order valence-corrected chi connectivity index (χ1v) is 11.5. The molecule has 1 aromatic rings. The Morgan fingerprint density at radius 1 is 1.09 bits per heavy atom. The van der Waals surface area contributed by atoms with E-state index in [2.05, 4.69) is 27.8 Å². The van der Waals surface area contributed by atoms with Crippen LogP contribution in [0, 0.1) is 23.7 Å². The third kappa shape index (κ3) is 5.53.